The third kappa shape index (κ3) is 4.74. The van der Waals surface area contributed by atoms with Gasteiger partial charge in [0.25, 0.3) is 0 Å². The highest BCUT2D eigenvalue weighted by molar-refractivity contribution is 6.17. The predicted molar refractivity (Wildman–Crippen MR) is 75.7 cm³/mol. The predicted octanol–water partition coefficient (Wildman–Crippen LogP) is 2.60. The summed E-state index contributed by atoms with van der Waals surface area (Å²) in [7, 11) is 3.96. The number of nitrogens with zero attached hydrogens (tertiary/aromatic N) is 3. The standard InChI is InChI=1S/C14H19N3/c1-5-8-14(15-11-17(3)4)16-13-10-7-6-9-12(13)2/h5-10H,2,11H2,1,3-4H3/b8-5+,15-14-,16-13?. The van der Waals surface area contributed by atoms with E-state index in [1.54, 1.807) is 0 Å². The molecule has 0 N–H and O–H groups in total. The molecular formula is C14H19N3. The molecule has 0 aromatic rings. The number of hydrogen-bond acceptors (Lipinski definition) is 2. The van der Waals surface area contributed by atoms with Crippen molar-refractivity contribution in [3.8, 4) is 0 Å². The van der Waals surface area contributed by atoms with E-state index in [0.717, 1.165) is 17.1 Å². The molecule has 0 atom stereocenters. The van der Waals surface area contributed by atoms with Crippen molar-refractivity contribution in [3.05, 3.63) is 48.6 Å². The third-order valence-corrected chi connectivity index (χ3v) is 2.06. The Morgan fingerprint density at radius 3 is 2.65 bits per heavy atom. The number of rotatable bonds is 3. The summed E-state index contributed by atoms with van der Waals surface area (Å²) in [5.41, 5.74) is 1.78. The van der Waals surface area contributed by atoms with E-state index >= 15 is 0 Å². The van der Waals surface area contributed by atoms with Crippen molar-refractivity contribution in [3.63, 3.8) is 0 Å². The van der Waals surface area contributed by atoms with Gasteiger partial charge in [0.2, 0.25) is 0 Å². The van der Waals surface area contributed by atoms with Crippen LogP contribution >= 0.6 is 0 Å². The number of allylic oxidation sites excluding steroid dienone is 6. The molecule has 0 bridgehead atoms. The maximum Gasteiger partial charge on any atom is 0.148 e. The van der Waals surface area contributed by atoms with Gasteiger partial charge in [-0.15, -0.1) is 0 Å². The van der Waals surface area contributed by atoms with Crippen LogP contribution in [-0.2, 0) is 0 Å². The van der Waals surface area contributed by atoms with E-state index in [-0.39, 0.29) is 0 Å². The molecule has 0 radical (unpaired) electrons. The molecule has 1 aliphatic rings. The zero-order valence-electron chi connectivity index (χ0n) is 10.7. The van der Waals surface area contributed by atoms with Crippen molar-refractivity contribution in [2.75, 3.05) is 20.8 Å². The molecule has 0 saturated heterocycles. The quantitative estimate of drug-likeness (QED) is 0.540. The van der Waals surface area contributed by atoms with Gasteiger partial charge < -0.3 is 0 Å². The van der Waals surface area contributed by atoms with E-state index in [9.17, 15) is 0 Å². The lowest BCUT2D eigenvalue weighted by Crippen LogP contribution is -2.13. The fraction of sp³-hybridized carbons (Fsp3) is 0.286. The first-order valence-corrected chi connectivity index (χ1v) is 5.58. The summed E-state index contributed by atoms with van der Waals surface area (Å²) in [5.74, 6) is 0.720. The molecule has 0 unspecified atom stereocenters. The monoisotopic (exact) mass is 229 g/mol. The van der Waals surface area contributed by atoms with Crippen LogP contribution < -0.4 is 0 Å². The Morgan fingerprint density at radius 1 is 1.35 bits per heavy atom. The Hall–Kier alpha value is -1.74. The molecule has 0 amide bonds. The summed E-state index contributed by atoms with van der Waals surface area (Å²) in [4.78, 5) is 10.9. The lowest BCUT2D eigenvalue weighted by Gasteiger charge is -2.07. The molecule has 17 heavy (non-hydrogen) atoms. The molecule has 1 rings (SSSR count). The highest BCUT2D eigenvalue weighted by Gasteiger charge is 2.02. The highest BCUT2D eigenvalue weighted by atomic mass is 15.2. The van der Waals surface area contributed by atoms with Gasteiger partial charge in [-0.3, -0.25) is 9.89 Å². The first-order chi connectivity index (χ1) is 8.13. The molecule has 1 aliphatic carbocycles. The molecule has 0 saturated carbocycles. The van der Waals surface area contributed by atoms with E-state index in [1.165, 1.54) is 0 Å². The lowest BCUT2D eigenvalue weighted by molar-refractivity contribution is 0.424. The second kappa shape index (κ2) is 6.76. The number of hydrogen-bond donors (Lipinski definition) is 0. The largest absolute Gasteiger partial charge is 0.291 e. The summed E-state index contributed by atoms with van der Waals surface area (Å²) in [6.07, 6.45) is 11.6. The molecule has 0 aromatic heterocycles. The van der Waals surface area contributed by atoms with Crippen molar-refractivity contribution in [1.29, 1.82) is 0 Å². The van der Waals surface area contributed by atoms with Crippen molar-refractivity contribution in [1.82, 2.24) is 4.90 Å². The summed E-state index contributed by atoms with van der Waals surface area (Å²) in [6.45, 7) is 6.53. The molecule has 3 nitrogen and oxygen atoms in total. The second-order valence-electron chi connectivity index (χ2n) is 3.98. The number of amidine groups is 1. The van der Waals surface area contributed by atoms with Gasteiger partial charge in [0.1, 0.15) is 5.84 Å². The second-order valence-corrected chi connectivity index (χ2v) is 3.98. The number of aliphatic imine (C=N–C) groups is 2. The molecule has 0 spiro atoms. The first kappa shape index (κ1) is 13.3. The van der Waals surface area contributed by atoms with Crippen LogP contribution in [0.3, 0.4) is 0 Å². The Labute approximate surface area is 103 Å². The minimum atomic E-state index is 0.627. The smallest absolute Gasteiger partial charge is 0.148 e. The normalized spacial score (nSPS) is 18.9. The van der Waals surface area contributed by atoms with E-state index in [2.05, 4.69) is 16.6 Å². The average Bonchev–Trinajstić information content (AvgIpc) is 2.29. The molecular weight excluding hydrogens is 210 g/mol. The third-order valence-electron chi connectivity index (χ3n) is 2.06. The molecule has 0 aromatic carbocycles. The summed E-state index contributed by atoms with van der Waals surface area (Å²) < 4.78 is 0. The van der Waals surface area contributed by atoms with E-state index < -0.39 is 0 Å². The van der Waals surface area contributed by atoms with Gasteiger partial charge in [0.15, 0.2) is 0 Å². The molecule has 0 fully saturated rings. The van der Waals surface area contributed by atoms with Crippen LogP contribution in [0.25, 0.3) is 0 Å². The Kier molecular flexibility index (Phi) is 5.30. The molecule has 0 aliphatic heterocycles. The minimum absolute atomic E-state index is 0.627. The highest BCUT2D eigenvalue weighted by Crippen LogP contribution is 2.06. The van der Waals surface area contributed by atoms with Crippen molar-refractivity contribution in [2.45, 2.75) is 6.92 Å². The van der Waals surface area contributed by atoms with Gasteiger partial charge in [-0.2, -0.15) is 0 Å². The topological polar surface area (TPSA) is 28.0 Å². The van der Waals surface area contributed by atoms with Gasteiger partial charge in [-0.1, -0.05) is 30.9 Å². The zero-order chi connectivity index (χ0) is 12.7. The lowest BCUT2D eigenvalue weighted by atomic mass is 10.1. The summed E-state index contributed by atoms with van der Waals surface area (Å²) in [5, 5.41) is 0. The Bertz CT molecular complexity index is 421. The van der Waals surface area contributed by atoms with E-state index in [4.69, 9.17) is 0 Å². The van der Waals surface area contributed by atoms with Crippen LogP contribution in [0.4, 0.5) is 0 Å². The van der Waals surface area contributed by atoms with Crippen LogP contribution in [0.2, 0.25) is 0 Å². The van der Waals surface area contributed by atoms with Crippen LogP contribution in [0.1, 0.15) is 6.92 Å². The van der Waals surface area contributed by atoms with Crippen LogP contribution in [0.5, 0.6) is 0 Å². The fourth-order valence-electron chi connectivity index (χ4n) is 1.23. The van der Waals surface area contributed by atoms with E-state index in [1.807, 2.05) is 62.4 Å². The van der Waals surface area contributed by atoms with Crippen molar-refractivity contribution < 1.29 is 0 Å². The maximum absolute atomic E-state index is 4.49. The van der Waals surface area contributed by atoms with Gasteiger partial charge >= 0.3 is 0 Å². The van der Waals surface area contributed by atoms with Crippen molar-refractivity contribution >= 4 is 11.5 Å². The summed E-state index contributed by atoms with van der Waals surface area (Å²) >= 11 is 0. The average molecular weight is 229 g/mol. The van der Waals surface area contributed by atoms with Crippen LogP contribution in [0.15, 0.2) is 58.6 Å². The Morgan fingerprint density at radius 2 is 2.06 bits per heavy atom. The van der Waals surface area contributed by atoms with Gasteiger partial charge in [-0.05, 0) is 38.7 Å². The van der Waals surface area contributed by atoms with Gasteiger partial charge in [0, 0.05) is 0 Å². The van der Waals surface area contributed by atoms with Gasteiger partial charge in [-0.25, -0.2) is 4.99 Å². The van der Waals surface area contributed by atoms with Crippen molar-refractivity contribution in [2.24, 2.45) is 9.98 Å². The minimum Gasteiger partial charge on any atom is -0.291 e. The fourth-order valence-corrected chi connectivity index (χ4v) is 1.23. The molecule has 3 heteroatoms. The van der Waals surface area contributed by atoms with E-state index in [0.29, 0.717) is 6.67 Å². The SMILES string of the molecule is C=C1C=CC=CC1=NC(/C=C/C)=N\CN(C)C. The Balaban J connectivity index is 2.89. The first-order valence-electron chi connectivity index (χ1n) is 5.58. The molecule has 90 valence electrons. The van der Waals surface area contributed by atoms with Gasteiger partial charge in [0.05, 0.1) is 12.4 Å². The van der Waals surface area contributed by atoms with Crippen LogP contribution in [-0.4, -0.2) is 37.2 Å². The van der Waals surface area contributed by atoms with Crippen LogP contribution in [0, 0.1) is 0 Å². The maximum atomic E-state index is 4.49. The zero-order valence-corrected chi connectivity index (χ0v) is 10.7. The molecule has 0 heterocycles. The summed E-state index contributed by atoms with van der Waals surface area (Å²) in [6, 6.07) is 0.